The first-order valence-corrected chi connectivity index (χ1v) is 5.45. The average Bonchev–Trinajstić information content (AvgIpc) is 2.26. The minimum atomic E-state index is -3.35. The minimum Gasteiger partial charge on any atom is -0.443 e. The second-order valence-electron chi connectivity index (χ2n) is 3.58. The van der Waals surface area contributed by atoms with Gasteiger partial charge >= 0.3 is 12.0 Å². The predicted molar refractivity (Wildman–Crippen MR) is 56.3 cm³/mol. The molecule has 1 N–H and O–H groups in total. The summed E-state index contributed by atoms with van der Waals surface area (Å²) in [7, 11) is 0. The number of cyclic esters (lactones) is 1. The molecule has 0 spiro atoms. The predicted octanol–water partition coefficient (Wildman–Crippen LogP) is 3.00. The standard InChI is InChI=1S/C10H7BrF3NO2/c11-5-1-2-7(12)6(3-5)8-10(13,14)4-17-9(16)15-8/h1-3,8H,4H2,(H,15,16)/t8-/m0/s1. The highest BCUT2D eigenvalue weighted by molar-refractivity contribution is 9.10. The quantitative estimate of drug-likeness (QED) is 0.866. The van der Waals surface area contributed by atoms with Crippen molar-refractivity contribution < 1.29 is 22.7 Å². The number of halogens is 4. The van der Waals surface area contributed by atoms with Gasteiger partial charge in [0, 0.05) is 10.0 Å². The van der Waals surface area contributed by atoms with Gasteiger partial charge in [0.15, 0.2) is 6.61 Å². The normalized spacial score (nSPS) is 22.8. The Morgan fingerprint density at radius 2 is 2.18 bits per heavy atom. The van der Waals surface area contributed by atoms with E-state index in [4.69, 9.17) is 0 Å². The van der Waals surface area contributed by atoms with Gasteiger partial charge in [-0.3, -0.25) is 0 Å². The topological polar surface area (TPSA) is 38.3 Å². The molecule has 1 aromatic carbocycles. The van der Waals surface area contributed by atoms with Gasteiger partial charge in [-0.05, 0) is 18.2 Å². The molecule has 0 aromatic heterocycles. The van der Waals surface area contributed by atoms with E-state index in [0.29, 0.717) is 4.47 Å². The fraction of sp³-hybridized carbons (Fsp3) is 0.300. The third kappa shape index (κ3) is 2.38. The molecule has 1 saturated heterocycles. The molecular formula is C10H7BrF3NO2. The van der Waals surface area contributed by atoms with Crippen LogP contribution >= 0.6 is 15.9 Å². The van der Waals surface area contributed by atoms with Gasteiger partial charge in [0.05, 0.1) is 0 Å². The van der Waals surface area contributed by atoms with Crippen LogP contribution in [-0.2, 0) is 4.74 Å². The SMILES string of the molecule is O=C1N[C@@H](c2cc(Br)ccc2F)C(F)(F)CO1. The maximum absolute atomic E-state index is 13.5. The summed E-state index contributed by atoms with van der Waals surface area (Å²) >= 11 is 3.06. The first-order chi connectivity index (χ1) is 7.90. The van der Waals surface area contributed by atoms with Gasteiger partial charge in [-0.1, -0.05) is 15.9 Å². The first-order valence-electron chi connectivity index (χ1n) is 4.66. The smallest absolute Gasteiger partial charge is 0.408 e. The molecule has 0 saturated carbocycles. The van der Waals surface area contributed by atoms with Crippen molar-refractivity contribution in [3.8, 4) is 0 Å². The third-order valence-electron chi connectivity index (χ3n) is 2.35. The molecule has 0 radical (unpaired) electrons. The number of nitrogens with one attached hydrogen (secondary N) is 1. The molecule has 92 valence electrons. The Hall–Kier alpha value is -1.24. The highest BCUT2D eigenvalue weighted by atomic mass is 79.9. The molecule has 1 fully saturated rings. The Morgan fingerprint density at radius 3 is 2.88 bits per heavy atom. The van der Waals surface area contributed by atoms with Crippen LogP contribution in [0, 0.1) is 5.82 Å². The summed E-state index contributed by atoms with van der Waals surface area (Å²) in [5.41, 5.74) is -0.277. The Balaban J connectivity index is 2.42. The molecular weight excluding hydrogens is 303 g/mol. The number of hydrogen-bond acceptors (Lipinski definition) is 2. The summed E-state index contributed by atoms with van der Waals surface area (Å²) < 4.78 is 45.1. The van der Waals surface area contributed by atoms with E-state index >= 15 is 0 Å². The van der Waals surface area contributed by atoms with Gasteiger partial charge in [-0.15, -0.1) is 0 Å². The number of benzene rings is 1. The maximum Gasteiger partial charge on any atom is 0.408 e. The van der Waals surface area contributed by atoms with Crippen molar-refractivity contribution in [1.82, 2.24) is 5.32 Å². The monoisotopic (exact) mass is 309 g/mol. The van der Waals surface area contributed by atoms with Crippen molar-refractivity contribution in [1.29, 1.82) is 0 Å². The summed E-state index contributed by atoms with van der Waals surface area (Å²) in [6.07, 6.45) is -0.986. The van der Waals surface area contributed by atoms with Crippen molar-refractivity contribution in [3.05, 3.63) is 34.1 Å². The van der Waals surface area contributed by atoms with Crippen LogP contribution in [0.5, 0.6) is 0 Å². The number of amides is 1. The zero-order valence-corrected chi connectivity index (χ0v) is 9.93. The summed E-state index contributed by atoms with van der Waals surface area (Å²) in [6.45, 7) is -1.06. The molecule has 1 aliphatic rings. The van der Waals surface area contributed by atoms with E-state index in [1.54, 1.807) is 0 Å². The van der Waals surface area contributed by atoms with Gasteiger partial charge in [0.25, 0.3) is 0 Å². The molecule has 1 aromatic rings. The zero-order valence-electron chi connectivity index (χ0n) is 8.34. The van der Waals surface area contributed by atoms with Gasteiger partial charge in [-0.25, -0.2) is 18.0 Å². The Labute approximate surface area is 103 Å². The molecule has 1 heterocycles. The van der Waals surface area contributed by atoms with Crippen molar-refractivity contribution in [2.24, 2.45) is 0 Å². The van der Waals surface area contributed by atoms with Crippen LogP contribution in [0.4, 0.5) is 18.0 Å². The summed E-state index contributed by atoms with van der Waals surface area (Å²) in [5.74, 6) is -4.16. The van der Waals surface area contributed by atoms with Gasteiger partial charge in [0.1, 0.15) is 11.9 Å². The molecule has 0 unspecified atom stereocenters. The van der Waals surface area contributed by atoms with Gasteiger partial charge < -0.3 is 10.1 Å². The lowest BCUT2D eigenvalue weighted by Crippen LogP contribution is -2.49. The molecule has 7 heteroatoms. The highest BCUT2D eigenvalue weighted by Gasteiger charge is 2.47. The van der Waals surface area contributed by atoms with Crippen molar-refractivity contribution in [2.75, 3.05) is 6.61 Å². The van der Waals surface area contributed by atoms with Crippen LogP contribution in [0.1, 0.15) is 11.6 Å². The van der Waals surface area contributed by atoms with Crippen molar-refractivity contribution in [2.45, 2.75) is 12.0 Å². The van der Waals surface area contributed by atoms with Crippen molar-refractivity contribution >= 4 is 22.0 Å². The number of ether oxygens (including phenoxy) is 1. The fourth-order valence-electron chi connectivity index (χ4n) is 1.55. The molecule has 1 atom stereocenters. The van der Waals surface area contributed by atoms with Crippen LogP contribution in [0.25, 0.3) is 0 Å². The van der Waals surface area contributed by atoms with Crippen LogP contribution in [-0.4, -0.2) is 18.6 Å². The molecule has 0 bridgehead atoms. The zero-order chi connectivity index (χ0) is 12.6. The Kier molecular flexibility index (Phi) is 3.03. The largest absolute Gasteiger partial charge is 0.443 e. The average molecular weight is 310 g/mol. The molecule has 1 amide bonds. The van der Waals surface area contributed by atoms with E-state index in [1.165, 1.54) is 12.1 Å². The number of carbonyl (C=O) groups excluding carboxylic acids is 1. The van der Waals surface area contributed by atoms with E-state index in [2.05, 4.69) is 20.7 Å². The molecule has 1 aliphatic heterocycles. The van der Waals surface area contributed by atoms with Crippen LogP contribution in [0.2, 0.25) is 0 Å². The van der Waals surface area contributed by atoms with Crippen LogP contribution < -0.4 is 5.32 Å². The number of alkyl carbamates (subject to hydrolysis) is 1. The lowest BCUT2D eigenvalue weighted by Gasteiger charge is -2.32. The summed E-state index contributed by atoms with van der Waals surface area (Å²) in [4.78, 5) is 10.9. The third-order valence-corrected chi connectivity index (χ3v) is 2.84. The maximum atomic E-state index is 13.5. The summed E-state index contributed by atoms with van der Waals surface area (Å²) in [5, 5.41) is 1.92. The van der Waals surface area contributed by atoms with E-state index in [1.807, 2.05) is 5.32 Å². The van der Waals surface area contributed by atoms with Gasteiger partial charge in [0.2, 0.25) is 0 Å². The van der Waals surface area contributed by atoms with E-state index in [9.17, 15) is 18.0 Å². The molecule has 0 aliphatic carbocycles. The van der Waals surface area contributed by atoms with Crippen LogP contribution in [0.15, 0.2) is 22.7 Å². The highest BCUT2D eigenvalue weighted by Crippen LogP contribution is 2.36. The summed E-state index contributed by atoms with van der Waals surface area (Å²) in [6, 6.07) is 1.93. The number of rotatable bonds is 1. The van der Waals surface area contributed by atoms with E-state index in [0.717, 1.165) is 6.07 Å². The Bertz CT molecular complexity index is 467. The van der Waals surface area contributed by atoms with Crippen LogP contribution in [0.3, 0.4) is 0 Å². The second-order valence-corrected chi connectivity index (χ2v) is 4.50. The molecule has 2 rings (SSSR count). The van der Waals surface area contributed by atoms with E-state index < -0.39 is 30.5 Å². The Morgan fingerprint density at radius 1 is 1.47 bits per heavy atom. The van der Waals surface area contributed by atoms with E-state index in [-0.39, 0.29) is 5.56 Å². The number of carbonyl (C=O) groups is 1. The lowest BCUT2D eigenvalue weighted by atomic mass is 9.99. The van der Waals surface area contributed by atoms with Gasteiger partial charge in [-0.2, -0.15) is 0 Å². The number of hydrogen-bond donors (Lipinski definition) is 1. The molecule has 3 nitrogen and oxygen atoms in total. The fourth-order valence-corrected chi connectivity index (χ4v) is 1.93. The number of alkyl halides is 2. The molecule has 17 heavy (non-hydrogen) atoms. The minimum absolute atomic E-state index is 0.277. The van der Waals surface area contributed by atoms with Crippen molar-refractivity contribution in [3.63, 3.8) is 0 Å². The lowest BCUT2D eigenvalue weighted by molar-refractivity contribution is -0.105. The first kappa shape index (κ1) is 12.2. The second kappa shape index (κ2) is 4.21.